The highest BCUT2D eigenvalue weighted by Gasteiger charge is 2.25. The minimum atomic E-state index is -0.619. The number of para-hydroxylation sites is 1. The molecule has 2 N–H and O–H groups in total. The maximum absolute atomic E-state index is 12.2. The molecule has 0 aliphatic rings. The molecule has 0 aromatic heterocycles. The highest BCUT2D eigenvalue weighted by atomic mass is 16.5. The molecule has 0 saturated carbocycles. The Morgan fingerprint density at radius 3 is 2.04 bits per heavy atom. The van der Waals surface area contributed by atoms with E-state index in [1.54, 1.807) is 52.0 Å². The molecule has 1 unspecified atom stereocenters. The Morgan fingerprint density at radius 1 is 0.920 bits per heavy atom. The van der Waals surface area contributed by atoms with E-state index in [2.05, 4.69) is 10.6 Å². The molecular weight excluding hydrogens is 316 g/mol. The van der Waals surface area contributed by atoms with E-state index in [0.717, 1.165) is 5.75 Å². The van der Waals surface area contributed by atoms with Gasteiger partial charge in [-0.05, 0) is 43.3 Å². The third-order valence-electron chi connectivity index (χ3n) is 3.52. The first kappa shape index (κ1) is 18.5. The van der Waals surface area contributed by atoms with Gasteiger partial charge in [-0.1, -0.05) is 39.0 Å². The van der Waals surface area contributed by atoms with Crippen LogP contribution in [0.1, 0.15) is 27.7 Å². The molecule has 2 amide bonds. The van der Waals surface area contributed by atoms with Crippen molar-refractivity contribution >= 4 is 17.5 Å². The second kappa shape index (κ2) is 7.83. The van der Waals surface area contributed by atoms with Crippen LogP contribution in [0.4, 0.5) is 5.69 Å². The second-order valence-corrected chi connectivity index (χ2v) is 6.87. The molecule has 2 aromatic rings. The average molecular weight is 340 g/mol. The molecular formula is C20H24N2O3. The van der Waals surface area contributed by atoms with E-state index in [0.29, 0.717) is 11.4 Å². The van der Waals surface area contributed by atoms with Crippen molar-refractivity contribution in [3.05, 3.63) is 54.6 Å². The van der Waals surface area contributed by atoms with E-state index in [-0.39, 0.29) is 11.8 Å². The van der Waals surface area contributed by atoms with Crippen molar-refractivity contribution in [2.75, 3.05) is 5.32 Å². The molecule has 2 aromatic carbocycles. The molecule has 132 valence electrons. The van der Waals surface area contributed by atoms with E-state index in [9.17, 15) is 9.59 Å². The van der Waals surface area contributed by atoms with Gasteiger partial charge < -0.3 is 15.4 Å². The summed E-state index contributed by atoms with van der Waals surface area (Å²) in [6.45, 7) is 7.07. The van der Waals surface area contributed by atoms with Crippen LogP contribution in [-0.4, -0.2) is 17.9 Å². The van der Waals surface area contributed by atoms with Gasteiger partial charge in [0, 0.05) is 11.1 Å². The van der Waals surface area contributed by atoms with E-state index in [1.807, 2.05) is 30.3 Å². The first-order valence-corrected chi connectivity index (χ1v) is 8.20. The van der Waals surface area contributed by atoms with E-state index in [1.165, 1.54) is 0 Å². The number of hydrogen-bond acceptors (Lipinski definition) is 3. The number of anilines is 1. The zero-order valence-corrected chi connectivity index (χ0v) is 15.0. The number of ether oxygens (including phenoxy) is 1. The third-order valence-corrected chi connectivity index (χ3v) is 3.52. The Morgan fingerprint density at radius 2 is 1.48 bits per heavy atom. The van der Waals surface area contributed by atoms with Gasteiger partial charge in [-0.2, -0.15) is 0 Å². The lowest BCUT2D eigenvalue weighted by molar-refractivity contribution is -0.131. The van der Waals surface area contributed by atoms with E-state index < -0.39 is 11.5 Å². The second-order valence-electron chi connectivity index (χ2n) is 6.87. The summed E-state index contributed by atoms with van der Waals surface area (Å²) < 4.78 is 5.71. The number of carbonyl (C=O) groups excluding carboxylic acids is 2. The molecule has 0 fully saturated rings. The lowest BCUT2D eigenvalue weighted by Crippen LogP contribution is -2.46. The summed E-state index contributed by atoms with van der Waals surface area (Å²) >= 11 is 0. The SMILES string of the molecule is CC(NC(=O)C(C)(C)C)C(=O)Nc1ccc(Oc2ccccc2)cc1. The monoisotopic (exact) mass is 340 g/mol. The van der Waals surface area contributed by atoms with Crippen LogP contribution < -0.4 is 15.4 Å². The van der Waals surface area contributed by atoms with Crippen molar-refractivity contribution in [3.8, 4) is 11.5 Å². The van der Waals surface area contributed by atoms with Gasteiger partial charge in [-0.3, -0.25) is 9.59 Å². The van der Waals surface area contributed by atoms with Crippen molar-refractivity contribution < 1.29 is 14.3 Å². The van der Waals surface area contributed by atoms with Crippen molar-refractivity contribution in [1.29, 1.82) is 0 Å². The Bertz CT molecular complexity index is 719. The number of hydrogen-bond donors (Lipinski definition) is 2. The van der Waals surface area contributed by atoms with Crippen molar-refractivity contribution in [2.24, 2.45) is 5.41 Å². The number of carbonyl (C=O) groups is 2. The zero-order valence-electron chi connectivity index (χ0n) is 15.0. The number of nitrogens with one attached hydrogen (secondary N) is 2. The van der Waals surface area contributed by atoms with Crippen LogP contribution in [0, 0.1) is 5.41 Å². The van der Waals surface area contributed by atoms with Gasteiger partial charge in [0.1, 0.15) is 17.5 Å². The maximum atomic E-state index is 12.2. The van der Waals surface area contributed by atoms with Gasteiger partial charge in [0.15, 0.2) is 0 Å². The molecule has 0 spiro atoms. The van der Waals surface area contributed by atoms with Gasteiger partial charge >= 0.3 is 0 Å². The van der Waals surface area contributed by atoms with E-state index >= 15 is 0 Å². The molecule has 1 atom stereocenters. The summed E-state index contributed by atoms with van der Waals surface area (Å²) in [4.78, 5) is 24.1. The van der Waals surface area contributed by atoms with Gasteiger partial charge in [-0.15, -0.1) is 0 Å². The number of amides is 2. The summed E-state index contributed by atoms with van der Waals surface area (Å²) in [5.41, 5.74) is 0.104. The smallest absolute Gasteiger partial charge is 0.246 e. The topological polar surface area (TPSA) is 67.4 Å². The summed E-state index contributed by atoms with van der Waals surface area (Å²) in [7, 11) is 0. The summed E-state index contributed by atoms with van der Waals surface area (Å²) in [6.07, 6.45) is 0. The van der Waals surface area contributed by atoms with Crippen molar-refractivity contribution in [2.45, 2.75) is 33.7 Å². The Labute approximate surface area is 148 Å². The number of benzene rings is 2. The highest BCUT2D eigenvalue weighted by molar-refractivity contribution is 5.97. The minimum Gasteiger partial charge on any atom is -0.457 e. The molecule has 2 rings (SSSR count). The molecule has 0 aliphatic heterocycles. The minimum absolute atomic E-state index is 0.165. The molecule has 5 heteroatoms. The number of rotatable bonds is 5. The largest absolute Gasteiger partial charge is 0.457 e. The van der Waals surface area contributed by atoms with Crippen LogP contribution >= 0.6 is 0 Å². The fraction of sp³-hybridized carbons (Fsp3) is 0.300. The van der Waals surface area contributed by atoms with Gasteiger partial charge in [-0.25, -0.2) is 0 Å². The molecule has 0 bridgehead atoms. The summed E-state index contributed by atoms with van der Waals surface area (Å²) in [5, 5.41) is 5.49. The molecule has 25 heavy (non-hydrogen) atoms. The molecule has 0 saturated heterocycles. The van der Waals surface area contributed by atoms with Crippen LogP contribution in [-0.2, 0) is 9.59 Å². The fourth-order valence-electron chi connectivity index (χ4n) is 1.96. The van der Waals surface area contributed by atoms with Crippen molar-refractivity contribution in [3.63, 3.8) is 0 Å². The molecule has 0 heterocycles. The lowest BCUT2D eigenvalue weighted by atomic mass is 9.95. The highest BCUT2D eigenvalue weighted by Crippen LogP contribution is 2.22. The average Bonchev–Trinajstić information content (AvgIpc) is 2.56. The lowest BCUT2D eigenvalue weighted by Gasteiger charge is -2.21. The van der Waals surface area contributed by atoms with E-state index in [4.69, 9.17) is 4.74 Å². The van der Waals surface area contributed by atoms with Crippen LogP contribution in [0.3, 0.4) is 0 Å². The van der Waals surface area contributed by atoms with Gasteiger partial charge in [0.05, 0.1) is 0 Å². The predicted octanol–water partition coefficient (Wildman–Crippen LogP) is 3.97. The maximum Gasteiger partial charge on any atom is 0.246 e. The van der Waals surface area contributed by atoms with Crippen LogP contribution in [0.5, 0.6) is 11.5 Å². The molecule has 0 aliphatic carbocycles. The first-order chi connectivity index (χ1) is 11.8. The predicted molar refractivity (Wildman–Crippen MR) is 98.6 cm³/mol. The summed E-state index contributed by atoms with van der Waals surface area (Å²) in [5.74, 6) is 0.993. The van der Waals surface area contributed by atoms with Crippen LogP contribution in [0.2, 0.25) is 0 Å². The Balaban J connectivity index is 1.92. The third kappa shape index (κ3) is 5.64. The normalized spacial score (nSPS) is 12.2. The Hall–Kier alpha value is -2.82. The first-order valence-electron chi connectivity index (χ1n) is 8.20. The zero-order chi connectivity index (χ0) is 18.4. The van der Waals surface area contributed by atoms with Crippen LogP contribution in [0.25, 0.3) is 0 Å². The fourth-order valence-corrected chi connectivity index (χ4v) is 1.96. The van der Waals surface area contributed by atoms with Crippen LogP contribution in [0.15, 0.2) is 54.6 Å². The van der Waals surface area contributed by atoms with Crippen molar-refractivity contribution in [1.82, 2.24) is 5.32 Å². The standard InChI is InChI=1S/C20H24N2O3/c1-14(21-19(24)20(2,3)4)18(23)22-15-10-12-17(13-11-15)25-16-8-6-5-7-9-16/h5-14H,1-4H3,(H,21,24)(H,22,23). The quantitative estimate of drug-likeness (QED) is 0.865. The molecule has 5 nitrogen and oxygen atoms in total. The van der Waals surface area contributed by atoms with Gasteiger partial charge in [0.25, 0.3) is 0 Å². The summed E-state index contributed by atoms with van der Waals surface area (Å²) in [6, 6.07) is 15.9. The molecule has 0 radical (unpaired) electrons. The Kier molecular flexibility index (Phi) is 5.80. The van der Waals surface area contributed by atoms with Gasteiger partial charge in [0.2, 0.25) is 11.8 Å².